The Balaban J connectivity index is 1.97. The fourth-order valence-corrected chi connectivity index (χ4v) is 2.60. The Morgan fingerprint density at radius 1 is 1.00 bits per heavy atom. The van der Waals surface area contributed by atoms with Crippen LogP contribution < -0.4 is 5.32 Å². The second-order valence-electron chi connectivity index (χ2n) is 4.65. The van der Waals surface area contributed by atoms with Gasteiger partial charge in [-0.2, -0.15) is 0 Å². The molecule has 16 heavy (non-hydrogen) atoms. The minimum atomic E-state index is 0.707. The number of piperidine rings is 1. The molecule has 2 aromatic rings. The lowest BCUT2D eigenvalue weighted by Gasteiger charge is -2.23. The van der Waals surface area contributed by atoms with Crippen LogP contribution in [-0.2, 0) is 0 Å². The zero-order valence-corrected chi connectivity index (χ0v) is 9.45. The fraction of sp³-hybridized carbons (Fsp3) is 0.333. The highest BCUT2D eigenvalue weighted by Gasteiger charge is 2.14. The molecule has 3 rings (SSSR count). The lowest BCUT2D eigenvalue weighted by atomic mass is 9.90. The highest BCUT2D eigenvalue weighted by molar-refractivity contribution is 5.83. The third kappa shape index (κ3) is 1.83. The second-order valence-corrected chi connectivity index (χ2v) is 4.65. The molecule has 0 aromatic heterocycles. The van der Waals surface area contributed by atoms with Crippen molar-refractivity contribution < 1.29 is 0 Å². The van der Waals surface area contributed by atoms with Crippen LogP contribution in [0.1, 0.15) is 24.3 Å². The number of rotatable bonds is 1. The molecule has 1 heterocycles. The van der Waals surface area contributed by atoms with Gasteiger partial charge >= 0.3 is 0 Å². The molecular weight excluding hydrogens is 194 g/mol. The van der Waals surface area contributed by atoms with Crippen molar-refractivity contribution in [3.05, 3.63) is 48.0 Å². The van der Waals surface area contributed by atoms with E-state index >= 15 is 0 Å². The second kappa shape index (κ2) is 4.26. The fourth-order valence-electron chi connectivity index (χ4n) is 2.60. The molecule has 1 fully saturated rings. The summed E-state index contributed by atoms with van der Waals surface area (Å²) in [5, 5.41) is 6.19. The summed E-state index contributed by atoms with van der Waals surface area (Å²) < 4.78 is 0. The molecule has 0 aliphatic carbocycles. The van der Waals surface area contributed by atoms with E-state index < -0.39 is 0 Å². The Hall–Kier alpha value is -1.34. The maximum Gasteiger partial charge on any atom is 0.00201 e. The molecule has 1 saturated heterocycles. The van der Waals surface area contributed by atoms with E-state index in [0.29, 0.717) is 5.92 Å². The summed E-state index contributed by atoms with van der Waals surface area (Å²) in [5.41, 5.74) is 1.49. The first kappa shape index (κ1) is 9.86. The molecule has 0 saturated carbocycles. The van der Waals surface area contributed by atoms with E-state index in [4.69, 9.17) is 0 Å². The molecule has 1 aliphatic heterocycles. The van der Waals surface area contributed by atoms with Crippen LogP contribution in [-0.4, -0.2) is 13.1 Å². The summed E-state index contributed by atoms with van der Waals surface area (Å²) in [4.78, 5) is 0. The number of benzene rings is 2. The van der Waals surface area contributed by atoms with E-state index in [1.165, 1.54) is 35.7 Å². The first-order valence-corrected chi connectivity index (χ1v) is 6.13. The van der Waals surface area contributed by atoms with E-state index in [1.807, 2.05) is 0 Å². The first-order chi connectivity index (χ1) is 7.93. The minimum absolute atomic E-state index is 0.707. The first-order valence-electron chi connectivity index (χ1n) is 6.13. The molecule has 2 aromatic carbocycles. The number of fused-ring (bicyclic) bond motifs is 1. The van der Waals surface area contributed by atoms with E-state index in [9.17, 15) is 0 Å². The predicted molar refractivity (Wildman–Crippen MR) is 68.8 cm³/mol. The van der Waals surface area contributed by atoms with Crippen LogP contribution in [0.5, 0.6) is 0 Å². The SMILES string of the molecule is c1ccc2cc(C3CCCNC3)ccc2c1. The van der Waals surface area contributed by atoms with Gasteiger partial charge in [0, 0.05) is 6.54 Å². The highest BCUT2D eigenvalue weighted by atomic mass is 14.9. The van der Waals surface area contributed by atoms with Crippen molar-refractivity contribution >= 4 is 10.8 Å². The van der Waals surface area contributed by atoms with Crippen molar-refractivity contribution in [1.29, 1.82) is 0 Å². The van der Waals surface area contributed by atoms with Crippen LogP contribution in [0.3, 0.4) is 0 Å². The average molecular weight is 211 g/mol. The van der Waals surface area contributed by atoms with Gasteiger partial charge in [0.25, 0.3) is 0 Å². The molecular formula is C15H17N. The Bertz CT molecular complexity index is 484. The number of nitrogens with one attached hydrogen (secondary N) is 1. The van der Waals surface area contributed by atoms with Crippen molar-refractivity contribution in [1.82, 2.24) is 5.32 Å². The maximum atomic E-state index is 3.48. The minimum Gasteiger partial charge on any atom is -0.316 e. The van der Waals surface area contributed by atoms with Gasteiger partial charge in [-0.15, -0.1) is 0 Å². The van der Waals surface area contributed by atoms with Crippen LogP contribution in [0.4, 0.5) is 0 Å². The van der Waals surface area contributed by atoms with Crippen molar-refractivity contribution in [2.45, 2.75) is 18.8 Å². The molecule has 82 valence electrons. The molecule has 0 spiro atoms. The predicted octanol–water partition coefficient (Wildman–Crippen LogP) is 3.31. The summed E-state index contributed by atoms with van der Waals surface area (Å²) in [6.07, 6.45) is 2.63. The van der Waals surface area contributed by atoms with Gasteiger partial charge in [0.15, 0.2) is 0 Å². The van der Waals surface area contributed by atoms with E-state index in [2.05, 4.69) is 47.8 Å². The van der Waals surface area contributed by atoms with E-state index in [-0.39, 0.29) is 0 Å². The van der Waals surface area contributed by atoms with Gasteiger partial charge in [-0.1, -0.05) is 42.5 Å². The lowest BCUT2D eigenvalue weighted by molar-refractivity contribution is 0.462. The van der Waals surface area contributed by atoms with Gasteiger partial charge in [0.2, 0.25) is 0 Å². The van der Waals surface area contributed by atoms with E-state index in [0.717, 1.165) is 6.54 Å². The molecule has 1 N–H and O–H groups in total. The molecule has 0 radical (unpaired) electrons. The van der Waals surface area contributed by atoms with Crippen molar-refractivity contribution in [2.75, 3.05) is 13.1 Å². The average Bonchev–Trinajstić information content (AvgIpc) is 2.39. The monoisotopic (exact) mass is 211 g/mol. The summed E-state index contributed by atoms with van der Waals surface area (Å²) >= 11 is 0. The summed E-state index contributed by atoms with van der Waals surface area (Å²) in [6.45, 7) is 2.32. The molecule has 1 nitrogen and oxygen atoms in total. The quantitative estimate of drug-likeness (QED) is 0.763. The Labute approximate surface area is 96.5 Å². The molecule has 1 aliphatic rings. The standard InChI is InChI=1S/C15H17N/c1-2-5-13-10-14(8-7-12(13)4-1)15-6-3-9-16-11-15/h1-2,4-5,7-8,10,15-16H,3,6,9,11H2. The maximum absolute atomic E-state index is 3.48. The molecule has 0 amide bonds. The smallest absolute Gasteiger partial charge is 0.00201 e. The van der Waals surface area contributed by atoms with Crippen molar-refractivity contribution in [2.24, 2.45) is 0 Å². The van der Waals surface area contributed by atoms with Gasteiger partial charge in [0.1, 0.15) is 0 Å². The van der Waals surface area contributed by atoms with Crippen LogP contribution in [0, 0.1) is 0 Å². The Morgan fingerprint density at radius 3 is 2.69 bits per heavy atom. The van der Waals surface area contributed by atoms with Crippen LogP contribution >= 0.6 is 0 Å². The van der Waals surface area contributed by atoms with Gasteiger partial charge in [-0.05, 0) is 41.6 Å². The third-order valence-electron chi connectivity index (χ3n) is 3.54. The normalized spacial score (nSPS) is 21.1. The summed E-state index contributed by atoms with van der Waals surface area (Å²) in [6, 6.07) is 15.5. The Morgan fingerprint density at radius 2 is 1.88 bits per heavy atom. The topological polar surface area (TPSA) is 12.0 Å². The highest BCUT2D eigenvalue weighted by Crippen LogP contribution is 2.26. The van der Waals surface area contributed by atoms with Gasteiger partial charge in [-0.3, -0.25) is 0 Å². The van der Waals surface area contributed by atoms with Crippen LogP contribution in [0.15, 0.2) is 42.5 Å². The van der Waals surface area contributed by atoms with Crippen molar-refractivity contribution in [3.8, 4) is 0 Å². The summed E-state index contributed by atoms with van der Waals surface area (Å²) in [7, 11) is 0. The van der Waals surface area contributed by atoms with Crippen LogP contribution in [0.25, 0.3) is 10.8 Å². The Kier molecular flexibility index (Phi) is 2.63. The van der Waals surface area contributed by atoms with Gasteiger partial charge in [-0.25, -0.2) is 0 Å². The largest absolute Gasteiger partial charge is 0.316 e. The molecule has 0 bridgehead atoms. The third-order valence-corrected chi connectivity index (χ3v) is 3.54. The molecule has 1 heteroatoms. The number of hydrogen-bond acceptors (Lipinski definition) is 1. The van der Waals surface area contributed by atoms with Gasteiger partial charge < -0.3 is 5.32 Å². The van der Waals surface area contributed by atoms with Gasteiger partial charge in [0.05, 0.1) is 0 Å². The zero-order chi connectivity index (χ0) is 10.8. The number of hydrogen-bond donors (Lipinski definition) is 1. The zero-order valence-electron chi connectivity index (χ0n) is 9.45. The lowest BCUT2D eigenvalue weighted by Crippen LogP contribution is -2.28. The van der Waals surface area contributed by atoms with Crippen LogP contribution in [0.2, 0.25) is 0 Å². The summed E-state index contributed by atoms with van der Waals surface area (Å²) in [5.74, 6) is 0.707. The molecule has 1 unspecified atom stereocenters. The molecule has 1 atom stereocenters. The van der Waals surface area contributed by atoms with E-state index in [1.54, 1.807) is 0 Å². The van der Waals surface area contributed by atoms with Crippen molar-refractivity contribution in [3.63, 3.8) is 0 Å².